The van der Waals surface area contributed by atoms with Crippen LogP contribution in [0, 0.1) is 0 Å². The first-order chi connectivity index (χ1) is 4.33. The zero-order chi connectivity index (χ0) is 8.36. The summed E-state index contributed by atoms with van der Waals surface area (Å²) in [6, 6.07) is 0.417. The van der Waals surface area contributed by atoms with E-state index in [0.717, 1.165) is 0 Å². The van der Waals surface area contributed by atoms with Crippen LogP contribution in [0.2, 0.25) is 0 Å². The molecule has 0 aromatic carbocycles. The fraction of sp³-hybridized carbons (Fsp3) is 0.778. The molecule has 0 aliphatic carbocycles. The maximum atomic E-state index is 3.88. The lowest BCUT2D eigenvalue weighted by atomic mass is 10.1. The molecule has 0 heterocycles. The van der Waals surface area contributed by atoms with Crippen molar-refractivity contribution >= 4 is 0 Å². The zero-order valence-electron chi connectivity index (χ0n) is 7.78. The third-order valence-electron chi connectivity index (χ3n) is 1.39. The highest BCUT2D eigenvalue weighted by Gasteiger charge is 2.12. The molecule has 0 aromatic rings. The van der Waals surface area contributed by atoms with Gasteiger partial charge in [0.05, 0.1) is 0 Å². The SMILES string of the molecule is C=C(C)C(C)NC(C)(C)C. The Morgan fingerprint density at radius 2 is 1.80 bits per heavy atom. The molecule has 1 unspecified atom stereocenters. The van der Waals surface area contributed by atoms with E-state index in [1.807, 2.05) is 6.92 Å². The summed E-state index contributed by atoms with van der Waals surface area (Å²) in [7, 11) is 0. The Hall–Kier alpha value is -0.300. The van der Waals surface area contributed by atoms with E-state index in [4.69, 9.17) is 0 Å². The number of hydrogen-bond acceptors (Lipinski definition) is 1. The van der Waals surface area contributed by atoms with Gasteiger partial charge in [0, 0.05) is 11.6 Å². The van der Waals surface area contributed by atoms with Gasteiger partial charge in [-0.15, -0.1) is 0 Å². The molecule has 1 N–H and O–H groups in total. The van der Waals surface area contributed by atoms with Crippen molar-refractivity contribution in [1.29, 1.82) is 0 Å². The van der Waals surface area contributed by atoms with Crippen LogP contribution in [0.15, 0.2) is 12.2 Å². The topological polar surface area (TPSA) is 12.0 Å². The summed E-state index contributed by atoms with van der Waals surface area (Å²) in [5.74, 6) is 0. The third kappa shape index (κ3) is 4.57. The van der Waals surface area contributed by atoms with Crippen LogP contribution in [0.4, 0.5) is 0 Å². The van der Waals surface area contributed by atoms with Crippen LogP contribution in [-0.4, -0.2) is 11.6 Å². The summed E-state index contributed by atoms with van der Waals surface area (Å²) in [6.07, 6.45) is 0. The van der Waals surface area contributed by atoms with E-state index in [1.165, 1.54) is 5.57 Å². The van der Waals surface area contributed by atoms with Gasteiger partial charge in [0.1, 0.15) is 0 Å². The van der Waals surface area contributed by atoms with Gasteiger partial charge in [-0.2, -0.15) is 0 Å². The molecule has 0 spiro atoms. The second-order valence-corrected chi connectivity index (χ2v) is 3.96. The molecule has 0 amide bonds. The van der Waals surface area contributed by atoms with Crippen molar-refractivity contribution in [2.24, 2.45) is 0 Å². The van der Waals surface area contributed by atoms with E-state index in [-0.39, 0.29) is 5.54 Å². The second-order valence-electron chi connectivity index (χ2n) is 3.96. The van der Waals surface area contributed by atoms with E-state index < -0.39 is 0 Å². The highest BCUT2D eigenvalue weighted by molar-refractivity contribution is 5.00. The predicted molar refractivity (Wildman–Crippen MR) is 47.2 cm³/mol. The standard InChI is InChI=1S/C9H19N/c1-7(2)8(3)10-9(4,5)6/h8,10H,1H2,2-6H3. The average molecular weight is 141 g/mol. The maximum absolute atomic E-state index is 3.88. The van der Waals surface area contributed by atoms with Gasteiger partial charge in [0.15, 0.2) is 0 Å². The molecule has 0 rings (SSSR count). The van der Waals surface area contributed by atoms with Crippen molar-refractivity contribution < 1.29 is 0 Å². The Morgan fingerprint density at radius 3 is 1.90 bits per heavy atom. The minimum atomic E-state index is 0.193. The molecule has 1 nitrogen and oxygen atoms in total. The first-order valence-corrected chi connectivity index (χ1v) is 3.76. The van der Waals surface area contributed by atoms with Crippen molar-refractivity contribution in [2.45, 2.75) is 46.2 Å². The van der Waals surface area contributed by atoms with E-state index in [9.17, 15) is 0 Å². The summed E-state index contributed by atoms with van der Waals surface area (Å²) in [4.78, 5) is 0. The Bertz CT molecular complexity index is 119. The van der Waals surface area contributed by atoms with Gasteiger partial charge in [0.2, 0.25) is 0 Å². The molecule has 0 aromatic heterocycles. The van der Waals surface area contributed by atoms with Crippen molar-refractivity contribution in [3.8, 4) is 0 Å². The van der Waals surface area contributed by atoms with Gasteiger partial charge >= 0.3 is 0 Å². The molecule has 60 valence electrons. The van der Waals surface area contributed by atoms with Crippen LogP contribution >= 0.6 is 0 Å². The predicted octanol–water partition coefficient (Wildman–Crippen LogP) is 2.34. The minimum absolute atomic E-state index is 0.193. The molecular weight excluding hydrogens is 122 g/mol. The molecule has 1 heteroatoms. The van der Waals surface area contributed by atoms with Crippen LogP contribution in [-0.2, 0) is 0 Å². The third-order valence-corrected chi connectivity index (χ3v) is 1.39. The number of nitrogens with one attached hydrogen (secondary N) is 1. The first kappa shape index (κ1) is 9.70. The van der Waals surface area contributed by atoms with Gasteiger partial charge in [0.25, 0.3) is 0 Å². The molecular formula is C9H19N. The van der Waals surface area contributed by atoms with Crippen LogP contribution in [0.1, 0.15) is 34.6 Å². The van der Waals surface area contributed by atoms with Crippen LogP contribution in [0.25, 0.3) is 0 Å². The van der Waals surface area contributed by atoms with Crippen LogP contribution in [0.3, 0.4) is 0 Å². The Labute approximate surface area is 64.5 Å². The lowest BCUT2D eigenvalue weighted by molar-refractivity contribution is 0.396. The molecule has 0 aliphatic heterocycles. The summed E-state index contributed by atoms with van der Waals surface area (Å²) >= 11 is 0. The summed E-state index contributed by atoms with van der Waals surface area (Å²) in [5.41, 5.74) is 1.38. The van der Waals surface area contributed by atoms with E-state index in [0.29, 0.717) is 6.04 Å². The van der Waals surface area contributed by atoms with Crippen LogP contribution < -0.4 is 5.32 Å². The zero-order valence-corrected chi connectivity index (χ0v) is 7.78. The quantitative estimate of drug-likeness (QED) is 0.582. The second kappa shape index (κ2) is 3.20. The van der Waals surface area contributed by atoms with E-state index >= 15 is 0 Å². The van der Waals surface area contributed by atoms with Gasteiger partial charge in [-0.25, -0.2) is 0 Å². The maximum Gasteiger partial charge on any atom is 0.0250 e. The van der Waals surface area contributed by atoms with Gasteiger partial charge in [-0.05, 0) is 34.6 Å². The summed E-state index contributed by atoms with van der Waals surface area (Å²) in [6.45, 7) is 14.5. The van der Waals surface area contributed by atoms with Crippen molar-refractivity contribution in [3.05, 3.63) is 12.2 Å². The van der Waals surface area contributed by atoms with Gasteiger partial charge < -0.3 is 5.32 Å². The molecule has 0 saturated carbocycles. The molecule has 0 aliphatic rings. The van der Waals surface area contributed by atoms with Crippen LogP contribution in [0.5, 0.6) is 0 Å². The first-order valence-electron chi connectivity index (χ1n) is 3.76. The van der Waals surface area contributed by atoms with Gasteiger partial charge in [-0.3, -0.25) is 0 Å². The molecule has 10 heavy (non-hydrogen) atoms. The van der Waals surface area contributed by atoms with Crippen molar-refractivity contribution in [2.75, 3.05) is 0 Å². The highest BCUT2D eigenvalue weighted by Crippen LogP contribution is 2.05. The number of rotatable bonds is 2. The lowest BCUT2D eigenvalue weighted by Crippen LogP contribution is -2.42. The molecule has 0 bridgehead atoms. The normalized spacial score (nSPS) is 14.9. The molecule has 0 saturated heterocycles. The minimum Gasteiger partial charge on any atom is -0.306 e. The monoisotopic (exact) mass is 141 g/mol. The Balaban J connectivity index is 3.80. The largest absolute Gasteiger partial charge is 0.306 e. The smallest absolute Gasteiger partial charge is 0.0250 e. The lowest BCUT2D eigenvalue weighted by Gasteiger charge is -2.26. The fourth-order valence-electron chi connectivity index (χ4n) is 0.773. The van der Waals surface area contributed by atoms with E-state index in [2.05, 4.69) is 39.6 Å². The van der Waals surface area contributed by atoms with Gasteiger partial charge in [-0.1, -0.05) is 12.2 Å². The Kier molecular flexibility index (Phi) is 3.10. The highest BCUT2D eigenvalue weighted by atomic mass is 15.0. The molecule has 1 atom stereocenters. The van der Waals surface area contributed by atoms with Crippen molar-refractivity contribution in [1.82, 2.24) is 5.32 Å². The average Bonchev–Trinajstić information content (AvgIpc) is 1.60. The molecule has 0 fully saturated rings. The number of hydrogen-bond donors (Lipinski definition) is 1. The fourth-order valence-corrected chi connectivity index (χ4v) is 0.773. The summed E-state index contributed by atoms with van der Waals surface area (Å²) in [5, 5.41) is 3.42. The molecule has 0 radical (unpaired) electrons. The summed E-state index contributed by atoms with van der Waals surface area (Å²) < 4.78 is 0. The Morgan fingerprint density at radius 1 is 1.40 bits per heavy atom. The van der Waals surface area contributed by atoms with E-state index in [1.54, 1.807) is 0 Å². The van der Waals surface area contributed by atoms with Crippen molar-refractivity contribution in [3.63, 3.8) is 0 Å².